The molecule has 0 amide bonds. The zero-order chi connectivity index (χ0) is 11.4. The standard InChI is InChI=1S/C9H8N6OS/c10-8-13-15-7(11-12-9(15)17-8)6-4-2-1-3-5(4)16-14-6/h1-3H2,(H2,10,13). The average Bonchev–Trinajstić information content (AvgIpc) is 2.95. The first-order valence-electron chi connectivity index (χ1n) is 5.28. The average molecular weight is 248 g/mol. The van der Waals surface area contributed by atoms with Crippen LogP contribution in [-0.2, 0) is 12.8 Å². The van der Waals surface area contributed by atoms with Crippen molar-refractivity contribution in [2.45, 2.75) is 19.3 Å². The fourth-order valence-electron chi connectivity index (χ4n) is 2.18. The molecule has 0 bridgehead atoms. The first-order chi connectivity index (χ1) is 8.33. The van der Waals surface area contributed by atoms with E-state index in [-0.39, 0.29) is 0 Å². The molecule has 1 aliphatic rings. The number of rotatable bonds is 1. The van der Waals surface area contributed by atoms with Crippen molar-refractivity contribution in [1.29, 1.82) is 0 Å². The number of nitrogen functional groups attached to an aromatic ring is 1. The minimum atomic E-state index is 0.469. The van der Waals surface area contributed by atoms with Gasteiger partial charge in [-0.15, -0.1) is 15.3 Å². The number of aromatic nitrogens is 5. The van der Waals surface area contributed by atoms with Crippen LogP contribution in [0.5, 0.6) is 0 Å². The second-order valence-corrected chi connectivity index (χ2v) is 4.93. The molecule has 0 atom stereocenters. The summed E-state index contributed by atoms with van der Waals surface area (Å²) in [6, 6.07) is 0. The number of hydrogen-bond donors (Lipinski definition) is 1. The van der Waals surface area contributed by atoms with Crippen LogP contribution in [0.4, 0.5) is 5.13 Å². The van der Waals surface area contributed by atoms with E-state index in [1.165, 1.54) is 11.3 Å². The number of nitrogens with zero attached hydrogens (tertiary/aromatic N) is 5. The topological polar surface area (TPSA) is 95.1 Å². The normalized spacial score (nSPS) is 14.6. The van der Waals surface area contributed by atoms with Crippen molar-refractivity contribution in [3.63, 3.8) is 0 Å². The Morgan fingerprint density at radius 1 is 1.29 bits per heavy atom. The predicted octanol–water partition coefficient (Wildman–Crippen LogP) is 0.912. The Morgan fingerprint density at radius 3 is 3.18 bits per heavy atom. The van der Waals surface area contributed by atoms with Crippen molar-refractivity contribution in [3.05, 3.63) is 11.3 Å². The molecule has 3 aromatic rings. The third-order valence-electron chi connectivity index (χ3n) is 2.92. The quantitative estimate of drug-likeness (QED) is 0.687. The van der Waals surface area contributed by atoms with E-state index in [1.807, 2.05) is 0 Å². The van der Waals surface area contributed by atoms with Gasteiger partial charge in [-0.1, -0.05) is 16.5 Å². The minimum absolute atomic E-state index is 0.469. The molecule has 4 rings (SSSR count). The molecule has 3 heterocycles. The first-order valence-corrected chi connectivity index (χ1v) is 6.10. The van der Waals surface area contributed by atoms with Crippen molar-refractivity contribution in [2.75, 3.05) is 5.73 Å². The van der Waals surface area contributed by atoms with Crippen molar-refractivity contribution >= 4 is 21.4 Å². The maximum absolute atomic E-state index is 5.65. The van der Waals surface area contributed by atoms with E-state index in [0.717, 1.165) is 36.3 Å². The third-order valence-corrected chi connectivity index (χ3v) is 3.65. The van der Waals surface area contributed by atoms with Gasteiger partial charge in [-0.2, -0.15) is 4.52 Å². The molecule has 17 heavy (non-hydrogen) atoms. The van der Waals surface area contributed by atoms with E-state index in [1.54, 1.807) is 4.52 Å². The minimum Gasteiger partial charge on any atom is -0.374 e. The van der Waals surface area contributed by atoms with Crippen LogP contribution in [0.25, 0.3) is 16.5 Å². The summed E-state index contributed by atoms with van der Waals surface area (Å²) in [5.74, 6) is 1.57. The number of aryl methyl sites for hydroxylation is 1. The van der Waals surface area contributed by atoms with Crippen LogP contribution in [0.1, 0.15) is 17.7 Å². The van der Waals surface area contributed by atoms with Crippen LogP contribution in [0.15, 0.2) is 4.52 Å². The zero-order valence-corrected chi connectivity index (χ0v) is 9.57. The molecule has 0 aliphatic heterocycles. The van der Waals surface area contributed by atoms with Gasteiger partial charge < -0.3 is 10.3 Å². The van der Waals surface area contributed by atoms with E-state index >= 15 is 0 Å². The summed E-state index contributed by atoms with van der Waals surface area (Å²) in [5, 5.41) is 16.8. The molecule has 0 aromatic carbocycles. The molecule has 0 radical (unpaired) electrons. The Hall–Kier alpha value is -1.96. The Balaban J connectivity index is 1.98. The third kappa shape index (κ3) is 1.15. The predicted molar refractivity (Wildman–Crippen MR) is 60.6 cm³/mol. The van der Waals surface area contributed by atoms with Gasteiger partial charge >= 0.3 is 0 Å². The highest BCUT2D eigenvalue weighted by Gasteiger charge is 2.25. The van der Waals surface area contributed by atoms with Crippen LogP contribution < -0.4 is 5.73 Å². The number of fused-ring (bicyclic) bond motifs is 2. The lowest BCUT2D eigenvalue weighted by atomic mass is 10.2. The summed E-state index contributed by atoms with van der Waals surface area (Å²) in [6.45, 7) is 0. The molecule has 86 valence electrons. The van der Waals surface area contributed by atoms with Crippen LogP contribution in [0.2, 0.25) is 0 Å². The highest BCUT2D eigenvalue weighted by molar-refractivity contribution is 7.20. The Kier molecular flexibility index (Phi) is 1.63. The van der Waals surface area contributed by atoms with Gasteiger partial charge in [0, 0.05) is 12.0 Å². The van der Waals surface area contributed by atoms with Crippen molar-refractivity contribution in [2.24, 2.45) is 0 Å². The number of anilines is 1. The van der Waals surface area contributed by atoms with Crippen molar-refractivity contribution in [1.82, 2.24) is 25.0 Å². The van der Waals surface area contributed by atoms with Crippen LogP contribution in [0.3, 0.4) is 0 Å². The maximum atomic E-state index is 5.65. The Morgan fingerprint density at radius 2 is 2.24 bits per heavy atom. The van der Waals surface area contributed by atoms with Gasteiger partial charge in [0.1, 0.15) is 5.76 Å². The molecule has 2 N–H and O–H groups in total. The van der Waals surface area contributed by atoms with Gasteiger partial charge in [-0.3, -0.25) is 0 Å². The summed E-state index contributed by atoms with van der Waals surface area (Å²) in [7, 11) is 0. The summed E-state index contributed by atoms with van der Waals surface area (Å²) >= 11 is 1.30. The highest BCUT2D eigenvalue weighted by atomic mass is 32.1. The van der Waals surface area contributed by atoms with Gasteiger partial charge in [0.05, 0.1) is 0 Å². The lowest BCUT2D eigenvalue weighted by molar-refractivity contribution is 0.388. The van der Waals surface area contributed by atoms with Crippen LogP contribution in [0, 0.1) is 0 Å². The maximum Gasteiger partial charge on any atom is 0.236 e. The fraction of sp³-hybridized carbons (Fsp3) is 0.333. The van der Waals surface area contributed by atoms with E-state index in [4.69, 9.17) is 10.3 Å². The SMILES string of the molecule is Nc1nn2c(-c3noc4c3CCC4)nnc2s1. The smallest absolute Gasteiger partial charge is 0.236 e. The number of nitrogens with two attached hydrogens (primary N) is 1. The van der Waals surface area contributed by atoms with Crippen molar-refractivity contribution < 1.29 is 4.52 Å². The van der Waals surface area contributed by atoms with Gasteiger partial charge in [0.2, 0.25) is 15.9 Å². The second kappa shape index (κ2) is 3.04. The van der Waals surface area contributed by atoms with E-state index < -0.39 is 0 Å². The molecule has 1 aliphatic carbocycles. The fourth-order valence-corrected chi connectivity index (χ4v) is 2.78. The Bertz CT molecular complexity index is 710. The number of hydrogen-bond acceptors (Lipinski definition) is 7. The largest absolute Gasteiger partial charge is 0.374 e. The summed E-state index contributed by atoms with van der Waals surface area (Å²) in [5.41, 5.74) is 7.52. The molecular weight excluding hydrogens is 240 g/mol. The zero-order valence-electron chi connectivity index (χ0n) is 8.75. The van der Waals surface area contributed by atoms with Crippen molar-refractivity contribution in [3.8, 4) is 11.5 Å². The summed E-state index contributed by atoms with van der Waals surface area (Å²) < 4.78 is 6.92. The molecule has 0 fully saturated rings. The molecule has 0 spiro atoms. The van der Waals surface area contributed by atoms with E-state index in [2.05, 4.69) is 20.5 Å². The highest BCUT2D eigenvalue weighted by Crippen LogP contribution is 2.31. The first kappa shape index (κ1) is 9.11. The summed E-state index contributed by atoms with van der Waals surface area (Å²) in [4.78, 5) is 0.673. The molecule has 7 nitrogen and oxygen atoms in total. The molecular formula is C9H8N6OS. The second-order valence-electron chi connectivity index (χ2n) is 3.94. The molecule has 0 saturated heterocycles. The van der Waals surface area contributed by atoms with Gasteiger partial charge in [-0.25, -0.2) is 0 Å². The monoisotopic (exact) mass is 248 g/mol. The molecule has 0 unspecified atom stereocenters. The Labute approximate surface area is 99.2 Å². The lowest BCUT2D eigenvalue weighted by Gasteiger charge is -1.92. The van der Waals surface area contributed by atoms with Gasteiger partial charge in [0.25, 0.3) is 0 Å². The molecule has 8 heteroatoms. The van der Waals surface area contributed by atoms with E-state index in [9.17, 15) is 0 Å². The summed E-state index contributed by atoms with van der Waals surface area (Å²) in [6.07, 6.45) is 3.02. The molecule has 3 aromatic heterocycles. The van der Waals surface area contributed by atoms with E-state index in [0.29, 0.717) is 15.9 Å². The van der Waals surface area contributed by atoms with Gasteiger partial charge in [-0.05, 0) is 12.8 Å². The van der Waals surface area contributed by atoms with Crippen LogP contribution >= 0.6 is 11.3 Å². The lowest BCUT2D eigenvalue weighted by Crippen LogP contribution is -1.94. The molecule has 0 saturated carbocycles. The van der Waals surface area contributed by atoms with Crippen LogP contribution in [-0.4, -0.2) is 25.0 Å². The van der Waals surface area contributed by atoms with Gasteiger partial charge in [0.15, 0.2) is 5.69 Å².